The van der Waals surface area contributed by atoms with Gasteiger partial charge in [-0.2, -0.15) is 5.26 Å². The second-order valence-electron chi connectivity index (χ2n) is 9.01. The van der Waals surface area contributed by atoms with Crippen LogP contribution in [-0.2, 0) is 4.79 Å². The lowest BCUT2D eigenvalue weighted by atomic mass is 9.97. The second kappa shape index (κ2) is 12.2. The van der Waals surface area contributed by atoms with Gasteiger partial charge in [-0.25, -0.2) is 9.97 Å². The highest BCUT2D eigenvalue weighted by molar-refractivity contribution is 6.33. The number of carbonyl (C=O) groups excluding carboxylic acids is 1. The van der Waals surface area contributed by atoms with Crippen molar-refractivity contribution in [3.63, 3.8) is 0 Å². The molecular weight excluding hydrogens is 480 g/mol. The zero-order chi connectivity index (χ0) is 26.4. The Morgan fingerprint density at radius 2 is 2.06 bits per heavy atom. The van der Waals surface area contributed by atoms with Crippen LogP contribution in [0.15, 0.2) is 23.9 Å². The average Bonchev–Trinajstić information content (AvgIpc) is 2.84. The van der Waals surface area contributed by atoms with Gasteiger partial charge in [0, 0.05) is 42.4 Å². The van der Waals surface area contributed by atoms with Crippen LogP contribution in [0.25, 0.3) is 17.0 Å². The Kier molecular flexibility index (Phi) is 9.26. The van der Waals surface area contributed by atoms with Crippen molar-refractivity contribution in [3.05, 3.63) is 40.2 Å². The summed E-state index contributed by atoms with van der Waals surface area (Å²) in [5, 5.41) is 22.6. The maximum Gasteiger partial charge on any atom is 0.163 e. The summed E-state index contributed by atoms with van der Waals surface area (Å²) in [4.78, 5) is 24.3. The number of nitrogens with two attached hydrogens (primary N) is 1. The third-order valence-corrected chi connectivity index (χ3v) is 6.47. The lowest BCUT2D eigenvalue weighted by Gasteiger charge is -2.32. The summed E-state index contributed by atoms with van der Waals surface area (Å²) in [6.07, 6.45) is 0.791. The highest BCUT2D eigenvalue weighted by Gasteiger charge is 2.26. The van der Waals surface area contributed by atoms with Crippen molar-refractivity contribution < 1.29 is 14.6 Å². The van der Waals surface area contributed by atoms with Crippen molar-refractivity contribution in [1.29, 1.82) is 5.26 Å². The number of nitrogens with one attached hydrogen (secondary N) is 1. The molecule has 192 valence electrons. The first-order valence-corrected chi connectivity index (χ1v) is 12.3. The summed E-state index contributed by atoms with van der Waals surface area (Å²) in [7, 11) is 1.75. The molecule has 10 heteroatoms. The molecule has 1 atom stereocenters. The van der Waals surface area contributed by atoms with Crippen LogP contribution < -0.4 is 20.7 Å². The number of anilines is 1. The van der Waals surface area contributed by atoms with E-state index in [1.807, 2.05) is 6.92 Å². The second-order valence-corrected chi connectivity index (χ2v) is 9.42. The van der Waals surface area contributed by atoms with Gasteiger partial charge < -0.3 is 25.8 Å². The number of carbonyl (C=O) groups is 1. The molecule has 1 fully saturated rings. The number of nitriles is 1. The van der Waals surface area contributed by atoms with E-state index in [-0.39, 0.29) is 18.3 Å². The largest absolute Gasteiger partial charge is 0.491 e. The zero-order valence-electron chi connectivity index (χ0n) is 21.1. The molecule has 9 nitrogen and oxygen atoms in total. The van der Waals surface area contributed by atoms with Crippen LogP contribution >= 0.6 is 11.6 Å². The molecule has 0 aliphatic carbocycles. The first kappa shape index (κ1) is 27.4. The fourth-order valence-electron chi connectivity index (χ4n) is 4.28. The number of rotatable bonds is 9. The third kappa shape index (κ3) is 6.32. The Balaban J connectivity index is 2.11. The maximum atomic E-state index is 12.6. The van der Waals surface area contributed by atoms with E-state index in [9.17, 15) is 15.2 Å². The fraction of sp³-hybridized carbons (Fsp3) is 0.462. The monoisotopic (exact) mass is 512 g/mol. The first-order chi connectivity index (χ1) is 17.2. The average molecular weight is 513 g/mol. The Morgan fingerprint density at radius 1 is 1.36 bits per heavy atom. The summed E-state index contributed by atoms with van der Waals surface area (Å²) < 4.78 is 5.76. The molecule has 1 aliphatic heterocycles. The van der Waals surface area contributed by atoms with Crippen LogP contribution in [0, 0.1) is 24.2 Å². The quantitative estimate of drug-likeness (QED) is 0.432. The van der Waals surface area contributed by atoms with E-state index in [1.165, 1.54) is 6.92 Å². The molecule has 0 radical (unpaired) electrons. The maximum absolute atomic E-state index is 12.6. The molecule has 0 bridgehead atoms. The van der Waals surface area contributed by atoms with Crippen LogP contribution in [0.2, 0.25) is 5.02 Å². The number of hydrogen-bond donors (Lipinski definition) is 3. The summed E-state index contributed by atoms with van der Waals surface area (Å²) in [5.74, 6) is 1.34. The van der Waals surface area contributed by atoms with Crippen LogP contribution in [0.4, 0.5) is 5.82 Å². The standard InChI is InChI=1S/C26H33ClN6O3/c1-15-24(23(16(2)29)17(3)34)31-25(32-26(15)33-9-7-18(12-28)8-10-33)21-11-20(5-6-22(21)27)36-14-19(35)13-30-4/h5-6,11,18-19,30,35H,7-10,13-14,29H2,1-4H3/t19-/m1/s1. The van der Waals surface area contributed by atoms with Crippen molar-refractivity contribution >= 4 is 28.8 Å². The molecular formula is C26H33ClN6O3. The Hall–Kier alpha value is -3.19. The van der Waals surface area contributed by atoms with E-state index < -0.39 is 6.10 Å². The number of halogens is 1. The van der Waals surface area contributed by atoms with E-state index in [0.29, 0.717) is 64.6 Å². The van der Waals surface area contributed by atoms with Crippen molar-refractivity contribution in [2.75, 3.05) is 38.2 Å². The first-order valence-electron chi connectivity index (χ1n) is 11.9. The van der Waals surface area contributed by atoms with Gasteiger partial charge in [0.2, 0.25) is 0 Å². The number of allylic oxidation sites excluding steroid dienone is 2. The van der Waals surface area contributed by atoms with E-state index in [2.05, 4.69) is 16.3 Å². The molecule has 1 aliphatic rings. The van der Waals surface area contributed by atoms with Crippen molar-refractivity contribution in [2.45, 2.75) is 39.7 Å². The molecule has 0 unspecified atom stereocenters. The van der Waals surface area contributed by atoms with Gasteiger partial charge in [0.25, 0.3) is 0 Å². The smallest absolute Gasteiger partial charge is 0.163 e. The van der Waals surface area contributed by atoms with Crippen LogP contribution in [0.1, 0.15) is 37.9 Å². The number of aromatic nitrogens is 2. The number of hydrogen-bond acceptors (Lipinski definition) is 9. The van der Waals surface area contributed by atoms with Crippen molar-refractivity contribution in [3.8, 4) is 23.2 Å². The minimum absolute atomic E-state index is 0.0165. The molecule has 4 N–H and O–H groups in total. The molecule has 1 aromatic heterocycles. The summed E-state index contributed by atoms with van der Waals surface area (Å²) in [6.45, 7) is 6.84. The van der Waals surface area contributed by atoms with Gasteiger partial charge in [0.05, 0.1) is 22.4 Å². The lowest BCUT2D eigenvalue weighted by Crippen LogP contribution is -2.34. The van der Waals surface area contributed by atoms with E-state index in [4.69, 9.17) is 32.0 Å². The summed E-state index contributed by atoms with van der Waals surface area (Å²) in [6, 6.07) is 7.47. The molecule has 1 aromatic carbocycles. The number of aliphatic hydroxyl groups excluding tert-OH is 1. The normalized spacial score (nSPS) is 15.8. The Labute approximate surface area is 216 Å². The van der Waals surface area contributed by atoms with E-state index >= 15 is 0 Å². The zero-order valence-corrected chi connectivity index (χ0v) is 21.9. The molecule has 0 spiro atoms. The topological polar surface area (TPSA) is 137 Å². The highest BCUT2D eigenvalue weighted by Crippen LogP contribution is 2.35. The molecule has 2 heterocycles. The van der Waals surface area contributed by atoms with Crippen LogP contribution in [-0.4, -0.2) is 60.3 Å². The van der Waals surface area contributed by atoms with Gasteiger partial charge in [-0.05, 0) is 58.9 Å². The number of ether oxygens (including phenoxy) is 1. The number of ketones is 1. The highest BCUT2D eigenvalue weighted by atomic mass is 35.5. The number of likely N-dealkylation sites (N-methyl/N-ethyl adjacent to an activating group) is 1. The van der Waals surface area contributed by atoms with Crippen molar-refractivity contribution in [1.82, 2.24) is 15.3 Å². The molecule has 0 saturated carbocycles. The predicted molar refractivity (Wildman–Crippen MR) is 141 cm³/mol. The molecule has 0 amide bonds. The van der Waals surface area contributed by atoms with Crippen molar-refractivity contribution in [2.24, 2.45) is 11.7 Å². The van der Waals surface area contributed by atoms with Gasteiger partial charge >= 0.3 is 0 Å². The molecule has 1 saturated heterocycles. The molecule has 36 heavy (non-hydrogen) atoms. The van der Waals surface area contributed by atoms with Gasteiger partial charge in [0.15, 0.2) is 11.6 Å². The summed E-state index contributed by atoms with van der Waals surface area (Å²) >= 11 is 6.57. The molecule has 2 aromatic rings. The number of aliphatic hydroxyl groups is 1. The van der Waals surface area contributed by atoms with Gasteiger partial charge in [0.1, 0.15) is 24.3 Å². The fourth-order valence-corrected chi connectivity index (χ4v) is 4.48. The third-order valence-electron chi connectivity index (χ3n) is 6.14. The molecule has 3 rings (SSSR count). The number of nitrogens with zero attached hydrogens (tertiary/aromatic N) is 4. The van der Waals surface area contributed by atoms with Gasteiger partial charge in [-0.15, -0.1) is 0 Å². The van der Waals surface area contributed by atoms with Crippen LogP contribution in [0.3, 0.4) is 0 Å². The predicted octanol–water partition coefficient (Wildman–Crippen LogP) is 3.08. The Morgan fingerprint density at radius 3 is 2.64 bits per heavy atom. The SMILES string of the molecule is CNC[C@@H](O)COc1ccc(Cl)c(-c2nc(C(C(C)=O)=C(C)N)c(C)c(N3CCC(C#N)CC3)n2)c1. The minimum atomic E-state index is -0.671. The van der Waals surface area contributed by atoms with Gasteiger partial charge in [-0.3, -0.25) is 4.79 Å². The number of Topliss-reactive ketones (excluding diaryl/α,β-unsaturated/α-hetero) is 1. The number of benzene rings is 1. The summed E-state index contributed by atoms with van der Waals surface area (Å²) in [5.41, 5.74) is 8.54. The van der Waals surface area contributed by atoms with E-state index in [1.54, 1.807) is 32.2 Å². The van der Waals surface area contributed by atoms with Crippen LogP contribution in [0.5, 0.6) is 5.75 Å². The van der Waals surface area contributed by atoms with E-state index in [0.717, 1.165) is 18.4 Å². The lowest BCUT2D eigenvalue weighted by molar-refractivity contribution is -0.111. The Bertz CT molecular complexity index is 1180. The number of piperidine rings is 1. The minimum Gasteiger partial charge on any atom is -0.491 e. The van der Waals surface area contributed by atoms with Gasteiger partial charge in [-0.1, -0.05) is 11.6 Å².